The summed E-state index contributed by atoms with van der Waals surface area (Å²) >= 11 is 0. The van der Waals surface area contributed by atoms with E-state index in [1.54, 1.807) is 30.5 Å². The second-order valence-corrected chi connectivity index (χ2v) is 6.37. The maximum absolute atomic E-state index is 12.4. The van der Waals surface area contributed by atoms with Crippen LogP contribution in [0.5, 0.6) is 0 Å². The van der Waals surface area contributed by atoms with E-state index in [-0.39, 0.29) is 5.91 Å². The molecule has 8 nitrogen and oxygen atoms in total. The van der Waals surface area contributed by atoms with E-state index in [4.69, 9.17) is 9.47 Å². The Morgan fingerprint density at radius 2 is 1.93 bits per heavy atom. The van der Waals surface area contributed by atoms with Crippen LogP contribution in [0.3, 0.4) is 0 Å². The number of esters is 1. The van der Waals surface area contributed by atoms with Gasteiger partial charge in [0.25, 0.3) is 5.91 Å². The highest BCUT2D eigenvalue weighted by Gasteiger charge is 2.12. The summed E-state index contributed by atoms with van der Waals surface area (Å²) in [7, 11) is 1.34. The number of carbonyl (C=O) groups is 2. The fraction of sp³-hybridized carbons (Fsp3) is 0.350. The lowest BCUT2D eigenvalue weighted by Crippen LogP contribution is -2.41. The molecule has 148 valence electrons. The second-order valence-electron chi connectivity index (χ2n) is 6.37. The van der Waals surface area contributed by atoms with Crippen molar-refractivity contribution in [3.63, 3.8) is 0 Å². The van der Waals surface area contributed by atoms with Gasteiger partial charge in [-0.05, 0) is 24.3 Å². The van der Waals surface area contributed by atoms with E-state index in [9.17, 15) is 9.59 Å². The summed E-state index contributed by atoms with van der Waals surface area (Å²) in [6, 6.07) is 8.65. The maximum atomic E-state index is 12.4. The van der Waals surface area contributed by atoms with Gasteiger partial charge in [0.2, 0.25) is 0 Å². The summed E-state index contributed by atoms with van der Waals surface area (Å²) in [5.74, 6) is -0.581. The van der Waals surface area contributed by atoms with Gasteiger partial charge in [-0.15, -0.1) is 0 Å². The number of anilines is 2. The van der Waals surface area contributed by atoms with Crippen molar-refractivity contribution in [3.8, 4) is 0 Å². The first-order chi connectivity index (χ1) is 13.7. The molecule has 28 heavy (non-hydrogen) atoms. The Bertz CT molecular complexity index is 821. The van der Waals surface area contributed by atoms with E-state index < -0.39 is 5.97 Å². The zero-order chi connectivity index (χ0) is 19.8. The Labute approximate surface area is 163 Å². The Balaban J connectivity index is 1.57. The number of hydrogen-bond donors (Lipinski definition) is 2. The Morgan fingerprint density at radius 3 is 2.71 bits per heavy atom. The first kappa shape index (κ1) is 19.8. The summed E-state index contributed by atoms with van der Waals surface area (Å²) in [6.07, 6.45) is 3.15. The largest absolute Gasteiger partial charge is 0.465 e. The van der Waals surface area contributed by atoms with Crippen LogP contribution in [0, 0.1) is 0 Å². The average molecular weight is 384 g/mol. The highest BCUT2D eigenvalue weighted by molar-refractivity contribution is 5.95. The fourth-order valence-corrected chi connectivity index (χ4v) is 2.90. The molecule has 0 saturated carbocycles. The van der Waals surface area contributed by atoms with Crippen molar-refractivity contribution in [1.29, 1.82) is 0 Å². The molecule has 0 unspecified atom stereocenters. The average Bonchev–Trinajstić information content (AvgIpc) is 2.74. The molecule has 1 aromatic heterocycles. The number of aromatic nitrogens is 1. The fourth-order valence-electron chi connectivity index (χ4n) is 2.90. The van der Waals surface area contributed by atoms with Gasteiger partial charge in [-0.3, -0.25) is 14.7 Å². The third-order valence-corrected chi connectivity index (χ3v) is 4.39. The topological polar surface area (TPSA) is 92.8 Å². The predicted molar refractivity (Wildman–Crippen MR) is 105 cm³/mol. The minimum absolute atomic E-state index is 0.173. The first-order valence-electron chi connectivity index (χ1n) is 9.14. The van der Waals surface area contributed by atoms with E-state index in [0.717, 1.165) is 32.8 Å². The number of hydrogen-bond acceptors (Lipinski definition) is 7. The van der Waals surface area contributed by atoms with Crippen molar-refractivity contribution in [2.75, 3.05) is 51.8 Å². The van der Waals surface area contributed by atoms with Crippen LogP contribution in [-0.2, 0) is 9.47 Å². The number of ether oxygens (including phenoxy) is 2. The van der Waals surface area contributed by atoms with Crippen molar-refractivity contribution in [3.05, 3.63) is 53.9 Å². The Kier molecular flexibility index (Phi) is 6.94. The van der Waals surface area contributed by atoms with E-state index >= 15 is 0 Å². The van der Waals surface area contributed by atoms with Gasteiger partial charge in [0.15, 0.2) is 0 Å². The van der Waals surface area contributed by atoms with E-state index in [0.29, 0.717) is 29.0 Å². The summed E-state index contributed by atoms with van der Waals surface area (Å²) in [5, 5.41) is 6.07. The third kappa shape index (κ3) is 5.51. The number of amides is 1. The van der Waals surface area contributed by atoms with Gasteiger partial charge < -0.3 is 20.1 Å². The van der Waals surface area contributed by atoms with E-state index in [1.807, 2.05) is 6.07 Å². The minimum atomic E-state index is -0.407. The number of nitrogens with one attached hydrogen (secondary N) is 2. The minimum Gasteiger partial charge on any atom is -0.465 e. The lowest BCUT2D eigenvalue weighted by atomic mass is 10.2. The molecule has 3 rings (SSSR count). The maximum Gasteiger partial charge on any atom is 0.337 e. The van der Waals surface area contributed by atoms with E-state index in [1.165, 1.54) is 13.3 Å². The molecule has 0 atom stereocenters. The van der Waals surface area contributed by atoms with Gasteiger partial charge in [-0.2, -0.15) is 0 Å². The SMILES string of the molecule is COC(=O)c1cccc(Nc2cncc(C(=O)NCCN3CCOCC3)c2)c1. The molecule has 1 fully saturated rings. The van der Waals surface area contributed by atoms with Crippen molar-refractivity contribution < 1.29 is 19.1 Å². The summed E-state index contributed by atoms with van der Waals surface area (Å²) in [4.78, 5) is 30.4. The molecule has 1 aliphatic rings. The van der Waals surface area contributed by atoms with Crippen molar-refractivity contribution in [1.82, 2.24) is 15.2 Å². The summed E-state index contributed by atoms with van der Waals surface area (Å²) in [6.45, 7) is 4.62. The molecule has 0 aliphatic carbocycles. The van der Waals surface area contributed by atoms with Crippen LogP contribution in [0.1, 0.15) is 20.7 Å². The molecular formula is C20H24N4O4. The number of rotatable bonds is 7. The normalized spacial score (nSPS) is 14.3. The molecule has 1 saturated heterocycles. The Hall–Kier alpha value is -2.97. The van der Waals surface area contributed by atoms with Gasteiger partial charge in [0, 0.05) is 38.1 Å². The smallest absolute Gasteiger partial charge is 0.337 e. The van der Waals surface area contributed by atoms with Gasteiger partial charge in [0.05, 0.1) is 43.3 Å². The molecular weight excluding hydrogens is 360 g/mol. The predicted octanol–water partition coefficient (Wildman–Crippen LogP) is 1.67. The molecule has 1 aromatic carbocycles. The molecule has 2 aromatic rings. The van der Waals surface area contributed by atoms with Crippen LogP contribution in [0.2, 0.25) is 0 Å². The molecule has 0 spiro atoms. The second kappa shape index (κ2) is 9.82. The monoisotopic (exact) mass is 384 g/mol. The Morgan fingerprint density at radius 1 is 1.14 bits per heavy atom. The van der Waals surface area contributed by atoms with Crippen LogP contribution in [0.4, 0.5) is 11.4 Å². The zero-order valence-electron chi connectivity index (χ0n) is 15.8. The molecule has 2 N–H and O–H groups in total. The highest BCUT2D eigenvalue weighted by Crippen LogP contribution is 2.18. The number of pyridine rings is 1. The standard InChI is InChI=1S/C20H24N4O4/c1-27-20(26)15-3-2-4-17(11-15)23-18-12-16(13-21-14-18)19(25)22-5-6-24-7-9-28-10-8-24/h2-4,11-14,23H,5-10H2,1H3,(H,22,25). The number of nitrogens with zero attached hydrogens (tertiary/aromatic N) is 2. The lowest BCUT2D eigenvalue weighted by molar-refractivity contribution is 0.0383. The van der Waals surface area contributed by atoms with Gasteiger partial charge >= 0.3 is 5.97 Å². The van der Waals surface area contributed by atoms with Crippen LogP contribution in [0.25, 0.3) is 0 Å². The van der Waals surface area contributed by atoms with Gasteiger partial charge in [0.1, 0.15) is 0 Å². The van der Waals surface area contributed by atoms with Crippen LogP contribution in [-0.4, -0.2) is 68.3 Å². The summed E-state index contributed by atoms with van der Waals surface area (Å²) < 4.78 is 10.0. The van der Waals surface area contributed by atoms with Gasteiger partial charge in [-0.25, -0.2) is 4.79 Å². The molecule has 2 heterocycles. The number of morpholine rings is 1. The highest BCUT2D eigenvalue weighted by atomic mass is 16.5. The zero-order valence-corrected chi connectivity index (χ0v) is 15.8. The first-order valence-corrected chi connectivity index (χ1v) is 9.14. The lowest BCUT2D eigenvalue weighted by Gasteiger charge is -2.26. The van der Waals surface area contributed by atoms with E-state index in [2.05, 4.69) is 20.5 Å². The van der Waals surface area contributed by atoms with Crippen LogP contribution < -0.4 is 10.6 Å². The van der Waals surface area contributed by atoms with Crippen LogP contribution in [0.15, 0.2) is 42.7 Å². The third-order valence-electron chi connectivity index (χ3n) is 4.39. The van der Waals surface area contributed by atoms with Crippen molar-refractivity contribution in [2.45, 2.75) is 0 Å². The molecule has 8 heteroatoms. The van der Waals surface area contributed by atoms with Crippen LogP contribution >= 0.6 is 0 Å². The number of benzene rings is 1. The summed E-state index contributed by atoms with van der Waals surface area (Å²) in [5.41, 5.74) is 2.27. The molecule has 0 radical (unpaired) electrons. The quantitative estimate of drug-likeness (QED) is 0.702. The number of carbonyl (C=O) groups excluding carboxylic acids is 2. The molecule has 1 aliphatic heterocycles. The number of methoxy groups -OCH3 is 1. The van der Waals surface area contributed by atoms with Crippen molar-refractivity contribution >= 4 is 23.3 Å². The molecule has 0 bridgehead atoms. The van der Waals surface area contributed by atoms with Crippen molar-refractivity contribution in [2.24, 2.45) is 0 Å². The molecule has 1 amide bonds. The van der Waals surface area contributed by atoms with Gasteiger partial charge in [-0.1, -0.05) is 6.07 Å².